The minimum absolute atomic E-state index is 0.228. The number of nitrogens with two attached hydrogens (primary N) is 1. The second-order valence-corrected chi connectivity index (χ2v) is 5.51. The third-order valence-electron chi connectivity index (χ3n) is 3.76. The molecule has 0 aliphatic carbocycles. The van der Waals surface area contributed by atoms with Gasteiger partial charge in [0.1, 0.15) is 0 Å². The Hall–Kier alpha value is -2.31. The average Bonchev–Trinajstić information content (AvgIpc) is 2.85. The van der Waals surface area contributed by atoms with Crippen LogP contribution in [-0.2, 0) is 15.9 Å². The maximum atomic E-state index is 10.7. The molecule has 0 unspecified atom stereocenters. The van der Waals surface area contributed by atoms with E-state index >= 15 is 0 Å². The third kappa shape index (κ3) is 2.98. The number of hydrogen-bond donors (Lipinski definition) is 3. The largest absolute Gasteiger partial charge is 0.506 e. The summed E-state index contributed by atoms with van der Waals surface area (Å²) in [6, 6.07) is 7.80. The first-order valence-corrected chi connectivity index (χ1v) is 7.08. The van der Waals surface area contributed by atoms with Gasteiger partial charge in [-0.1, -0.05) is 24.3 Å². The number of nitrogens with one attached hydrogen (secondary N) is 1. The van der Waals surface area contributed by atoms with Crippen molar-refractivity contribution in [1.82, 2.24) is 4.98 Å². The monoisotopic (exact) mass is 302 g/mol. The van der Waals surface area contributed by atoms with Crippen molar-refractivity contribution in [1.29, 1.82) is 0 Å². The number of aromatic amines is 1. The van der Waals surface area contributed by atoms with E-state index in [1.54, 1.807) is 12.2 Å². The highest BCUT2D eigenvalue weighted by atomic mass is 16.7. The number of aromatic nitrogens is 1. The van der Waals surface area contributed by atoms with E-state index in [4.69, 9.17) is 20.3 Å². The Kier molecular flexibility index (Phi) is 3.87. The lowest BCUT2D eigenvalue weighted by atomic mass is 9.98. The van der Waals surface area contributed by atoms with E-state index in [0.717, 1.165) is 16.5 Å². The molecule has 1 fully saturated rings. The van der Waals surface area contributed by atoms with Crippen molar-refractivity contribution in [3.05, 3.63) is 48.2 Å². The molecule has 0 spiro atoms. The SMILES string of the molecule is N[C@@H](/C=C/C1(OC(=O)O)COC1)Cc1c[nH]c2ccccc12. The van der Waals surface area contributed by atoms with Crippen molar-refractivity contribution in [2.75, 3.05) is 13.2 Å². The maximum Gasteiger partial charge on any atom is 0.506 e. The van der Waals surface area contributed by atoms with Gasteiger partial charge in [0.05, 0.1) is 13.2 Å². The van der Waals surface area contributed by atoms with Crippen LogP contribution in [0.1, 0.15) is 5.56 Å². The van der Waals surface area contributed by atoms with Crippen LogP contribution in [0.4, 0.5) is 4.79 Å². The van der Waals surface area contributed by atoms with Crippen molar-refractivity contribution in [2.45, 2.75) is 18.1 Å². The van der Waals surface area contributed by atoms with Crippen molar-refractivity contribution in [3.63, 3.8) is 0 Å². The Morgan fingerprint density at radius 1 is 1.50 bits per heavy atom. The molecular weight excluding hydrogens is 284 g/mol. The zero-order valence-electron chi connectivity index (χ0n) is 12.0. The average molecular weight is 302 g/mol. The van der Waals surface area contributed by atoms with Crippen molar-refractivity contribution < 1.29 is 19.4 Å². The molecule has 22 heavy (non-hydrogen) atoms. The van der Waals surface area contributed by atoms with Gasteiger partial charge in [0.2, 0.25) is 0 Å². The molecule has 1 aromatic carbocycles. The first kappa shape index (κ1) is 14.6. The standard InChI is InChI=1S/C16H18N2O4/c17-12(5-6-16(9-21-10-16)22-15(19)20)7-11-8-18-14-4-2-1-3-13(11)14/h1-6,8,12,18H,7,9-10,17H2,(H,19,20)/b6-5+/t12-/m0/s1. The van der Waals surface area contributed by atoms with Gasteiger partial charge in [-0.3, -0.25) is 0 Å². The van der Waals surface area contributed by atoms with E-state index in [9.17, 15) is 4.79 Å². The second-order valence-electron chi connectivity index (χ2n) is 5.51. The van der Waals surface area contributed by atoms with Crippen molar-refractivity contribution in [3.8, 4) is 0 Å². The Bertz CT molecular complexity index is 703. The predicted octanol–water partition coefficient (Wildman–Crippen LogP) is 2.06. The van der Waals surface area contributed by atoms with E-state index in [0.29, 0.717) is 6.42 Å². The lowest BCUT2D eigenvalue weighted by Crippen LogP contribution is -2.51. The molecule has 2 aromatic rings. The molecule has 6 nitrogen and oxygen atoms in total. The number of hydrogen-bond acceptors (Lipinski definition) is 4. The van der Waals surface area contributed by atoms with Gasteiger partial charge >= 0.3 is 6.16 Å². The fourth-order valence-corrected chi connectivity index (χ4v) is 2.59. The fourth-order valence-electron chi connectivity index (χ4n) is 2.59. The summed E-state index contributed by atoms with van der Waals surface area (Å²) in [5.74, 6) is 0. The van der Waals surface area contributed by atoms with E-state index in [1.807, 2.05) is 30.5 Å². The van der Waals surface area contributed by atoms with Crippen LogP contribution < -0.4 is 5.73 Å². The summed E-state index contributed by atoms with van der Waals surface area (Å²) in [7, 11) is 0. The minimum Gasteiger partial charge on any atom is -0.450 e. The van der Waals surface area contributed by atoms with Crippen LogP contribution in [0.2, 0.25) is 0 Å². The van der Waals surface area contributed by atoms with Crippen LogP contribution in [0, 0.1) is 0 Å². The number of fused-ring (bicyclic) bond motifs is 1. The molecule has 0 amide bonds. The summed E-state index contributed by atoms with van der Waals surface area (Å²) in [6.45, 7) is 0.464. The van der Waals surface area contributed by atoms with E-state index in [2.05, 4.69) is 4.98 Å². The van der Waals surface area contributed by atoms with Gasteiger partial charge in [0.15, 0.2) is 5.60 Å². The van der Waals surface area contributed by atoms with Crippen molar-refractivity contribution in [2.24, 2.45) is 5.73 Å². The molecule has 1 aromatic heterocycles. The smallest absolute Gasteiger partial charge is 0.450 e. The Morgan fingerprint density at radius 2 is 2.27 bits per heavy atom. The molecule has 4 N–H and O–H groups in total. The van der Waals surface area contributed by atoms with Crippen LogP contribution in [0.3, 0.4) is 0 Å². The van der Waals surface area contributed by atoms with Crippen LogP contribution in [-0.4, -0.2) is 41.1 Å². The molecule has 0 saturated carbocycles. The summed E-state index contributed by atoms with van der Waals surface area (Å²) in [4.78, 5) is 13.9. The molecular formula is C16H18N2O4. The van der Waals surface area contributed by atoms with Gasteiger partial charge in [-0.15, -0.1) is 0 Å². The van der Waals surface area contributed by atoms with Crippen molar-refractivity contribution >= 4 is 17.1 Å². The van der Waals surface area contributed by atoms with Gasteiger partial charge in [-0.25, -0.2) is 4.79 Å². The Morgan fingerprint density at radius 3 is 2.95 bits per heavy atom. The summed E-state index contributed by atoms with van der Waals surface area (Å²) < 4.78 is 9.92. The molecule has 1 aliphatic rings. The highest BCUT2D eigenvalue weighted by Crippen LogP contribution is 2.24. The quantitative estimate of drug-likeness (QED) is 0.580. The summed E-state index contributed by atoms with van der Waals surface area (Å²) in [5, 5.41) is 9.91. The highest BCUT2D eigenvalue weighted by Gasteiger charge is 2.40. The van der Waals surface area contributed by atoms with Gasteiger partial charge in [0, 0.05) is 23.1 Å². The van der Waals surface area contributed by atoms with Gasteiger partial charge < -0.3 is 25.3 Å². The fraction of sp³-hybridized carbons (Fsp3) is 0.312. The molecule has 1 saturated heterocycles. The predicted molar refractivity (Wildman–Crippen MR) is 81.8 cm³/mol. The number of H-pyrrole nitrogens is 1. The maximum absolute atomic E-state index is 10.7. The lowest BCUT2D eigenvalue weighted by molar-refractivity contribution is -0.157. The second kappa shape index (κ2) is 5.82. The molecule has 3 rings (SSSR count). The summed E-state index contributed by atoms with van der Waals surface area (Å²) in [5.41, 5.74) is 7.45. The number of benzene rings is 1. The molecule has 6 heteroatoms. The van der Waals surface area contributed by atoms with E-state index in [-0.39, 0.29) is 19.3 Å². The number of para-hydroxylation sites is 1. The summed E-state index contributed by atoms with van der Waals surface area (Å²) >= 11 is 0. The van der Waals surface area contributed by atoms with E-state index < -0.39 is 11.8 Å². The molecule has 2 heterocycles. The molecule has 1 aliphatic heterocycles. The van der Waals surface area contributed by atoms with Crippen LogP contribution in [0.25, 0.3) is 10.9 Å². The normalized spacial score (nSPS) is 18.2. The third-order valence-corrected chi connectivity index (χ3v) is 3.76. The van der Waals surface area contributed by atoms with Gasteiger partial charge in [-0.2, -0.15) is 0 Å². The summed E-state index contributed by atoms with van der Waals surface area (Å²) in [6.07, 6.45) is 4.79. The first-order valence-electron chi connectivity index (χ1n) is 7.08. The number of carbonyl (C=O) groups is 1. The number of ether oxygens (including phenoxy) is 2. The highest BCUT2D eigenvalue weighted by molar-refractivity contribution is 5.83. The lowest BCUT2D eigenvalue weighted by Gasteiger charge is -2.37. The first-order chi connectivity index (χ1) is 10.6. The molecule has 1 atom stereocenters. The van der Waals surface area contributed by atoms with E-state index in [1.165, 1.54) is 0 Å². The topological polar surface area (TPSA) is 97.6 Å². The molecule has 116 valence electrons. The van der Waals surface area contributed by atoms with Crippen LogP contribution >= 0.6 is 0 Å². The van der Waals surface area contributed by atoms with Crippen LogP contribution in [0.5, 0.6) is 0 Å². The zero-order chi connectivity index (χ0) is 15.6. The van der Waals surface area contributed by atoms with Gasteiger partial charge in [0.25, 0.3) is 0 Å². The Labute approximate surface area is 127 Å². The number of carboxylic acid groups (broad SMARTS) is 1. The molecule has 0 bridgehead atoms. The van der Waals surface area contributed by atoms with Crippen LogP contribution in [0.15, 0.2) is 42.6 Å². The Balaban J connectivity index is 1.68. The minimum atomic E-state index is -1.31. The number of rotatable bonds is 5. The van der Waals surface area contributed by atoms with Gasteiger partial charge in [-0.05, 0) is 24.1 Å². The zero-order valence-corrected chi connectivity index (χ0v) is 12.0. The molecule has 0 radical (unpaired) electrons.